The molecule has 0 saturated heterocycles. The summed E-state index contributed by atoms with van der Waals surface area (Å²) in [6.45, 7) is 3.73. The van der Waals surface area contributed by atoms with E-state index in [1.165, 1.54) is 12.4 Å². The van der Waals surface area contributed by atoms with Crippen LogP contribution in [0.15, 0.2) is 44.7 Å². The van der Waals surface area contributed by atoms with E-state index in [0.29, 0.717) is 0 Å². The summed E-state index contributed by atoms with van der Waals surface area (Å²) >= 11 is 0. The van der Waals surface area contributed by atoms with Crippen LogP contribution in [0.5, 0.6) is 0 Å². The Balaban J connectivity index is 4.41. The zero-order valence-electron chi connectivity index (χ0n) is 9.41. The largest absolute Gasteiger partial charge is 0.379 e. The van der Waals surface area contributed by atoms with Crippen LogP contribution in [0.3, 0.4) is 0 Å². The van der Waals surface area contributed by atoms with E-state index in [4.69, 9.17) is 11.5 Å². The minimum atomic E-state index is 0.0263. The van der Waals surface area contributed by atoms with Gasteiger partial charge in [0.2, 0.25) is 0 Å². The van der Waals surface area contributed by atoms with Gasteiger partial charge in [0.1, 0.15) is 0 Å². The first-order valence-electron chi connectivity index (χ1n) is 4.68. The number of hydrogen-bond acceptors (Lipinski definition) is 4. The normalized spacial score (nSPS) is 15.1. The second kappa shape index (κ2) is 9.32. The number of nitrogens with two attached hydrogens (primary N) is 2. The summed E-state index contributed by atoms with van der Waals surface area (Å²) in [5, 5.41) is 14.6. The van der Waals surface area contributed by atoms with Crippen molar-refractivity contribution in [2.75, 3.05) is 0 Å². The Morgan fingerprint density at radius 3 is 1.50 bits per heavy atom. The molecular formula is C10H16N6. The highest BCUT2D eigenvalue weighted by Gasteiger charge is 1.96. The van der Waals surface area contributed by atoms with Crippen molar-refractivity contribution in [1.29, 1.82) is 0 Å². The summed E-state index contributed by atoms with van der Waals surface area (Å²) < 4.78 is 0. The van der Waals surface area contributed by atoms with E-state index in [2.05, 4.69) is 20.4 Å². The molecule has 0 aromatic heterocycles. The first-order valence-corrected chi connectivity index (χ1v) is 4.68. The highest BCUT2D eigenvalue weighted by Crippen LogP contribution is 1.78. The van der Waals surface area contributed by atoms with Crippen molar-refractivity contribution >= 4 is 24.1 Å². The van der Waals surface area contributed by atoms with Gasteiger partial charge >= 0.3 is 0 Å². The molecule has 86 valence electrons. The molecule has 6 heteroatoms. The third kappa shape index (κ3) is 7.19. The third-order valence-corrected chi connectivity index (χ3v) is 1.28. The van der Waals surface area contributed by atoms with Gasteiger partial charge in [0.25, 0.3) is 0 Å². The maximum atomic E-state index is 5.48. The zero-order chi connectivity index (χ0) is 12.2. The smallest absolute Gasteiger partial charge is 0.190 e. The fourth-order valence-corrected chi connectivity index (χ4v) is 0.543. The minimum absolute atomic E-state index is 0.0263. The highest BCUT2D eigenvalue weighted by molar-refractivity contribution is 6.39. The van der Waals surface area contributed by atoms with E-state index in [1.807, 2.05) is 26.0 Å². The molecule has 0 aliphatic rings. The molecule has 0 radical (unpaired) electrons. The van der Waals surface area contributed by atoms with Gasteiger partial charge in [-0.2, -0.15) is 10.2 Å². The molecule has 0 aromatic carbocycles. The van der Waals surface area contributed by atoms with Crippen LogP contribution in [0.4, 0.5) is 0 Å². The summed E-state index contributed by atoms with van der Waals surface area (Å²) in [7, 11) is 0. The topological polar surface area (TPSA) is 101 Å². The van der Waals surface area contributed by atoms with Gasteiger partial charge in [-0.15, -0.1) is 10.2 Å². The third-order valence-electron chi connectivity index (χ3n) is 1.28. The van der Waals surface area contributed by atoms with Crippen molar-refractivity contribution in [2.24, 2.45) is 31.9 Å². The molecule has 0 atom stereocenters. The van der Waals surface area contributed by atoms with Crippen LogP contribution in [0.25, 0.3) is 0 Å². The predicted molar refractivity (Wildman–Crippen MR) is 69.9 cm³/mol. The molecule has 16 heavy (non-hydrogen) atoms. The molecule has 0 bridgehead atoms. The zero-order valence-corrected chi connectivity index (χ0v) is 9.41. The first kappa shape index (κ1) is 13.8. The van der Waals surface area contributed by atoms with Crippen molar-refractivity contribution in [2.45, 2.75) is 13.8 Å². The summed E-state index contributed by atoms with van der Waals surface area (Å²) in [6, 6.07) is 0. The Morgan fingerprint density at radius 1 is 0.812 bits per heavy atom. The van der Waals surface area contributed by atoms with Gasteiger partial charge in [-0.1, -0.05) is 12.2 Å². The monoisotopic (exact) mass is 220 g/mol. The number of allylic oxidation sites excluding steroid dienone is 4. The van der Waals surface area contributed by atoms with Crippen molar-refractivity contribution < 1.29 is 0 Å². The van der Waals surface area contributed by atoms with Gasteiger partial charge in [0.15, 0.2) is 11.7 Å². The van der Waals surface area contributed by atoms with E-state index in [0.717, 1.165) is 0 Å². The molecule has 0 spiro atoms. The van der Waals surface area contributed by atoms with E-state index >= 15 is 0 Å². The summed E-state index contributed by atoms with van der Waals surface area (Å²) in [4.78, 5) is 0. The van der Waals surface area contributed by atoms with Gasteiger partial charge in [-0.3, -0.25) is 0 Å². The van der Waals surface area contributed by atoms with Crippen LogP contribution < -0.4 is 11.5 Å². The van der Waals surface area contributed by atoms with Crippen molar-refractivity contribution in [3.63, 3.8) is 0 Å². The molecule has 0 aliphatic heterocycles. The molecular weight excluding hydrogens is 204 g/mol. The summed E-state index contributed by atoms with van der Waals surface area (Å²) in [6.07, 6.45) is 10.0. The van der Waals surface area contributed by atoms with Crippen LogP contribution in [0.1, 0.15) is 13.8 Å². The lowest BCUT2D eigenvalue weighted by Crippen LogP contribution is -2.30. The fraction of sp³-hybridized carbons (Fsp3) is 0.200. The van der Waals surface area contributed by atoms with E-state index in [9.17, 15) is 0 Å². The SMILES string of the molecule is C/C=C\C=N/N=C(N)C(N)=N/N=C/C=C\C. The quantitative estimate of drug-likeness (QED) is 0.416. The Kier molecular flexibility index (Phi) is 8.02. The predicted octanol–water partition coefficient (Wildman–Crippen LogP) is 0.825. The van der Waals surface area contributed by atoms with Crippen LogP contribution in [0.2, 0.25) is 0 Å². The second-order valence-corrected chi connectivity index (χ2v) is 2.55. The second-order valence-electron chi connectivity index (χ2n) is 2.55. The van der Waals surface area contributed by atoms with Gasteiger partial charge in [-0.05, 0) is 26.0 Å². The van der Waals surface area contributed by atoms with E-state index < -0.39 is 0 Å². The number of nitrogens with zero attached hydrogens (tertiary/aromatic N) is 4. The molecule has 0 heterocycles. The number of rotatable bonds is 4. The molecule has 4 N–H and O–H groups in total. The molecule has 0 amide bonds. The Bertz CT molecular complexity index is 324. The van der Waals surface area contributed by atoms with Gasteiger partial charge in [0.05, 0.1) is 0 Å². The molecule has 0 saturated carbocycles. The molecule has 0 aliphatic carbocycles. The molecule has 0 fully saturated rings. The van der Waals surface area contributed by atoms with E-state index in [1.54, 1.807) is 12.2 Å². The molecule has 0 rings (SSSR count). The van der Waals surface area contributed by atoms with E-state index in [-0.39, 0.29) is 11.7 Å². The number of hydrogen-bond donors (Lipinski definition) is 2. The summed E-state index contributed by atoms with van der Waals surface area (Å²) in [5.74, 6) is 0.0526. The average molecular weight is 220 g/mol. The van der Waals surface area contributed by atoms with Crippen LogP contribution >= 0.6 is 0 Å². The van der Waals surface area contributed by atoms with Gasteiger partial charge < -0.3 is 11.5 Å². The van der Waals surface area contributed by atoms with Gasteiger partial charge in [0, 0.05) is 12.4 Å². The lowest BCUT2D eigenvalue weighted by Gasteiger charge is -1.92. The lowest BCUT2D eigenvalue weighted by atomic mass is 10.5. The maximum Gasteiger partial charge on any atom is 0.190 e. The molecule has 6 nitrogen and oxygen atoms in total. The van der Waals surface area contributed by atoms with Crippen LogP contribution in [-0.2, 0) is 0 Å². The molecule has 0 unspecified atom stereocenters. The van der Waals surface area contributed by atoms with Crippen LogP contribution in [-0.4, -0.2) is 24.1 Å². The maximum absolute atomic E-state index is 5.48. The Morgan fingerprint density at radius 2 is 1.19 bits per heavy atom. The van der Waals surface area contributed by atoms with Crippen molar-refractivity contribution in [1.82, 2.24) is 0 Å². The first-order chi connectivity index (χ1) is 7.72. The number of amidine groups is 2. The Labute approximate surface area is 94.8 Å². The van der Waals surface area contributed by atoms with Gasteiger partial charge in [-0.25, -0.2) is 0 Å². The fourth-order valence-electron chi connectivity index (χ4n) is 0.543. The summed E-state index contributed by atoms with van der Waals surface area (Å²) in [5.41, 5.74) is 11.0. The van der Waals surface area contributed by atoms with Crippen LogP contribution in [0, 0.1) is 0 Å². The van der Waals surface area contributed by atoms with Crippen molar-refractivity contribution in [3.05, 3.63) is 24.3 Å². The molecule has 0 aromatic rings. The highest BCUT2D eigenvalue weighted by atomic mass is 15.3. The standard InChI is InChI=1S/C10H16N6/c1-3-5-7-13-15-9(11)10(12)16-14-8-6-4-2/h3-8H,1-2H3,(H2,11,15)(H2,12,16)/b5-3-,6-4-,13-7-,14-8+. The van der Waals surface area contributed by atoms with Crippen molar-refractivity contribution in [3.8, 4) is 0 Å². The average Bonchev–Trinajstić information content (AvgIpc) is 2.29. The minimum Gasteiger partial charge on any atom is -0.379 e. The lowest BCUT2D eigenvalue weighted by molar-refractivity contribution is 1.21. The Hall–Kier alpha value is -2.24.